The largest absolute Gasteiger partial charge is 0.486 e. The van der Waals surface area contributed by atoms with Crippen molar-refractivity contribution in [2.24, 2.45) is 0 Å². The van der Waals surface area contributed by atoms with Gasteiger partial charge in [-0.25, -0.2) is 9.48 Å². The standard InChI is InChI=1S/C24H20Cl2N2O5/c1-15-18(24(26)28(27-15)13-17-4-2-3-5-19(17)25)7-9-23(30)33-14-20(29)16-6-8-21-22(12-16)32-11-10-31-21/h2-9,12H,10-11,13-14H2,1H3/b9-7+. The van der Waals surface area contributed by atoms with Gasteiger partial charge in [-0.05, 0) is 42.8 Å². The highest BCUT2D eigenvalue weighted by molar-refractivity contribution is 6.32. The summed E-state index contributed by atoms with van der Waals surface area (Å²) in [5.74, 6) is 0.0583. The average molecular weight is 487 g/mol. The number of Topliss-reactive ketones (excluding diaryl/α,β-unsaturated/α-hetero) is 1. The quantitative estimate of drug-likeness (QED) is 0.272. The Balaban J connectivity index is 1.37. The maximum Gasteiger partial charge on any atom is 0.331 e. The van der Waals surface area contributed by atoms with Gasteiger partial charge in [0.25, 0.3) is 0 Å². The molecule has 0 atom stereocenters. The summed E-state index contributed by atoms with van der Waals surface area (Å²) in [5.41, 5.74) is 2.47. The molecule has 0 fully saturated rings. The molecule has 0 unspecified atom stereocenters. The number of hydrogen-bond acceptors (Lipinski definition) is 6. The summed E-state index contributed by atoms with van der Waals surface area (Å²) in [5, 5.41) is 5.40. The lowest BCUT2D eigenvalue weighted by Crippen LogP contribution is -2.17. The highest BCUT2D eigenvalue weighted by Gasteiger charge is 2.16. The molecule has 0 radical (unpaired) electrons. The van der Waals surface area contributed by atoms with Gasteiger partial charge in [0.1, 0.15) is 18.4 Å². The lowest BCUT2D eigenvalue weighted by Gasteiger charge is -2.18. The van der Waals surface area contributed by atoms with Gasteiger partial charge in [-0.1, -0.05) is 41.4 Å². The highest BCUT2D eigenvalue weighted by Crippen LogP contribution is 2.31. The monoisotopic (exact) mass is 486 g/mol. The van der Waals surface area contributed by atoms with E-state index in [1.165, 1.54) is 12.2 Å². The number of aromatic nitrogens is 2. The number of nitrogens with zero attached hydrogens (tertiary/aromatic N) is 2. The van der Waals surface area contributed by atoms with Crippen LogP contribution in [0.5, 0.6) is 11.5 Å². The normalized spacial score (nSPS) is 12.7. The Morgan fingerprint density at radius 3 is 2.67 bits per heavy atom. The van der Waals surface area contributed by atoms with E-state index in [1.807, 2.05) is 18.2 Å². The Hall–Kier alpha value is -3.29. The van der Waals surface area contributed by atoms with E-state index in [4.69, 9.17) is 37.4 Å². The summed E-state index contributed by atoms with van der Waals surface area (Å²) in [6.07, 6.45) is 2.73. The van der Waals surface area contributed by atoms with Crippen molar-refractivity contribution < 1.29 is 23.8 Å². The molecule has 9 heteroatoms. The molecule has 0 N–H and O–H groups in total. The molecular weight excluding hydrogens is 467 g/mol. The fourth-order valence-electron chi connectivity index (χ4n) is 3.29. The van der Waals surface area contributed by atoms with Gasteiger partial charge in [-0.2, -0.15) is 5.10 Å². The summed E-state index contributed by atoms with van der Waals surface area (Å²) >= 11 is 12.7. The molecule has 2 heterocycles. The van der Waals surface area contributed by atoms with E-state index in [-0.39, 0.29) is 5.78 Å². The van der Waals surface area contributed by atoms with E-state index in [1.54, 1.807) is 35.9 Å². The number of ether oxygens (including phenoxy) is 3. The van der Waals surface area contributed by atoms with Crippen LogP contribution in [0.15, 0.2) is 48.5 Å². The van der Waals surface area contributed by atoms with Crippen LogP contribution in [0.3, 0.4) is 0 Å². The molecule has 0 saturated carbocycles. The number of fused-ring (bicyclic) bond motifs is 1. The van der Waals surface area contributed by atoms with Gasteiger partial charge in [0, 0.05) is 22.2 Å². The molecule has 0 bridgehead atoms. The third-order valence-corrected chi connectivity index (χ3v) is 5.75. The van der Waals surface area contributed by atoms with Crippen molar-refractivity contribution in [3.63, 3.8) is 0 Å². The lowest BCUT2D eigenvalue weighted by molar-refractivity contribution is -0.136. The van der Waals surface area contributed by atoms with Gasteiger partial charge < -0.3 is 14.2 Å². The van der Waals surface area contributed by atoms with Gasteiger partial charge in [0.05, 0.1) is 12.2 Å². The summed E-state index contributed by atoms with van der Waals surface area (Å²) in [6, 6.07) is 12.3. The van der Waals surface area contributed by atoms with E-state index in [0.717, 1.165) is 5.56 Å². The number of aryl methyl sites for hydroxylation is 1. The third-order valence-electron chi connectivity index (χ3n) is 4.98. The zero-order valence-corrected chi connectivity index (χ0v) is 19.2. The predicted molar refractivity (Wildman–Crippen MR) is 124 cm³/mol. The molecule has 33 heavy (non-hydrogen) atoms. The first-order valence-corrected chi connectivity index (χ1v) is 10.9. The molecular formula is C24H20Cl2N2O5. The van der Waals surface area contributed by atoms with Crippen molar-refractivity contribution in [1.29, 1.82) is 0 Å². The minimum Gasteiger partial charge on any atom is -0.486 e. The van der Waals surface area contributed by atoms with Gasteiger partial charge in [0.15, 0.2) is 23.9 Å². The number of ketones is 1. The van der Waals surface area contributed by atoms with Crippen molar-refractivity contribution in [2.45, 2.75) is 13.5 Å². The SMILES string of the molecule is Cc1nn(Cc2ccccc2Cl)c(Cl)c1/C=C/C(=O)OCC(=O)c1ccc2c(c1)OCCO2. The summed E-state index contributed by atoms with van der Waals surface area (Å²) < 4.78 is 17.6. The second-order valence-corrected chi connectivity index (χ2v) is 8.03. The number of benzene rings is 2. The molecule has 0 saturated heterocycles. The van der Waals surface area contributed by atoms with Crippen LogP contribution in [0.2, 0.25) is 10.2 Å². The molecule has 2 aromatic carbocycles. The maximum absolute atomic E-state index is 12.4. The van der Waals surface area contributed by atoms with Crippen molar-refractivity contribution in [1.82, 2.24) is 9.78 Å². The first-order chi connectivity index (χ1) is 15.9. The van der Waals surface area contributed by atoms with E-state index in [9.17, 15) is 9.59 Å². The van der Waals surface area contributed by atoms with Crippen LogP contribution in [0, 0.1) is 6.92 Å². The predicted octanol–water partition coefficient (Wildman–Crippen LogP) is 4.76. The first-order valence-electron chi connectivity index (χ1n) is 10.2. The molecule has 1 aromatic heterocycles. The molecule has 0 amide bonds. The number of carbonyl (C=O) groups is 2. The van der Waals surface area contributed by atoms with Crippen LogP contribution in [-0.2, 0) is 16.1 Å². The summed E-state index contributed by atoms with van der Waals surface area (Å²) in [6.45, 7) is 2.66. The molecule has 0 aliphatic carbocycles. The first kappa shape index (κ1) is 22.9. The Bertz CT molecular complexity index is 1240. The summed E-state index contributed by atoms with van der Waals surface area (Å²) in [4.78, 5) is 24.5. The van der Waals surface area contributed by atoms with Crippen LogP contribution in [0.4, 0.5) is 0 Å². The fraction of sp³-hybridized carbons (Fsp3) is 0.208. The highest BCUT2D eigenvalue weighted by atomic mass is 35.5. The Morgan fingerprint density at radius 2 is 1.88 bits per heavy atom. The minimum atomic E-state index is -0.671. The molecule has 3 aromatic rings. The maximum atomic E-state index is 12.4. The smallest absolute Gasteiger partial charge is 0.331 e. The number of carbonyl (C=O) groups excluding carboxylic acids is 2. The zero-order chi connectivity index (χ0) is 23.4. The van der Waals surface area contributed by atoms with Crippen molar-refractivity contribution in [3.8, 4) is 11.5 Å². The zero-order valence-electron chi connectivity index (χ0n) is 17.7. The van der Waals surface area contributed by atoms with Gasteiger partial charge in [-0.3, -0.25) is 4.79 Å². The van der Waals surface area contributed by atoms with Crippen molar-refractivity contribution in [2.75, 3.05) is 19.8 Å². The van der Waals surface area contributed by atoms with Crippen molar-refractivity contribution >= 4 is 41.0 Å². The summed E-state index contributed by atoms with van der Waals surface area (Å²) in [7, 11) is 0. The topological polar surface area (TPSA) is 79.7 Å². The third kappa shape index (κ3) is 5.38. The van der Waals surface area contributed by atoms with Gasteiger partial charge >= 0.3 is 5.97 Å². The van der Waals surface area contributed by atoms with Crippen LogP contribution in [0.1, 0.15) is 27.2 Å². The van der Waals surface area contributed by atoms with E-state index >= 15 is 0 Å². The fourth-order valence-corrected chi connectivity index (χ4v) is 3.78. The van der Waals surface area contributed by atoms with E-state index in [2.05, 4.69) is 5.10 Å². The minimum absolute atomic E-state index is 0.351. The molecule has 1 aliphatic heterocycles. The Labute approximate surface area is 200 Å². The Kier molecular flexibility index (Phi) is 7.01. The molecule has 0 spiro atoms. The number of hydrogen-bond donors (Lipinski definition) is 0. The van der Waals surface area contributed by atoms with Gasteiger partial charge in [-0.15, -0.1) is 0 Å². The molecule has 1 aliphatic rings. The molecule has 170 valence electrons. The second kappa shape index (κ2) is 10.1. The van der Waals surface area contributed by atoms with E-state index in [0.29, 0.717) is 58.3 Å². The number of rotatable bonds is 7. The van der Waals surface area contributed by atoms with Crippen LogP contribution in [0.25, 0.3) is 6.08 Å². The number of halogens is 2. The van der Waals surface area contributed by atoms with Crippen LogP contribution >= 0.6 is 23.2 Å². The van der Waals surface area contributed by atoms with E-state index < -0.39 is 12.6 Å². The Morgan fingerprint density at radius 1 is 1.12 bits per heavy atom. The molecule has 4 rings (SSSR count). The average Bonchev–Trinajstić information content (AvgIpc) is 3.09. The van der Waals surface area contributed by atoms with Crippen molar-refractivity contribution in [3.05, 3.63) is 81.1 Å². The number of esters is 1. The van der Waals surface area contributed by atoms with Gasteiger partial charge in [0.2, 0.25) is 0 Å². The second-order valence-electron chi connectivity index (χ2n) is 7.26. The lowest BCUT2D eigenvalue weighted by atomic mass is 10.1. The van der Waals surface area contributed by atoms with Crippen LogP contribution < -0.4 is 9.47 Å². The van der Waals surface area contributed by atoms with Crippen LogP contribution in [-0.4, -0.2) is 41.4 Å². The molecule has 7 nitrogen and oxygen atoms in total.